The lowest BCUT2D eigenvalue weighted by Crippen LogP contribution is -2.68. The van der Waals surface area contributed by atoms with Crippen LogP contribution in [-0.4, -0.2) is 17.4 Å². The Morgan fingerprint density at radius 3 is 0.913 bits per heavy atom. The minimum absolute atomic E-state index is 0.324. The van der Waals surface area contributed by atoms with Crippen LogP contribution in [0.25, 0.3) is 0 Å². The summed E-state index contributed by atoms with van der Waals surface area (Å²) in [5.74, 6) is -0.972. The summed E-state index contributed by atoms with van der Waals surface area (Å²) < 4.78 is 39.9. The Kier molecular flexibility index (Phi) is 4.23. The molecular formula is C18H12F3Si2. The molecule has 0 atom stereocenters. The predicted molar refractivity (Wildman–Crippen MR) is 89.6 cm³/mol. The highest BCUT2D eigenvalue weighted by atomic mass is 29.2. The van der Waals surface area contributed by atoms with Crippen molar-refractivity contribution >= 4 is 32.9 Å². The van der Waals surface area contributed by atoms with E-state index in [0.29, 0.717) is 0 Å². The smallest absolute Gasteiger partial charge is 0.130 e. The van der Waals surface area contributed by atoms with E-state index in [9.17, 15) is 13.2 Å². The molecule has 0 aliphatic heterocycles. The van der Waals surface area contributed by atoms with Crippen molar-refractivity contribution in [2.24, 2.45) is 0 Å². The molecule has 3 radical (unpaired) electrons. The van der Waals surface area contributed by atoms with Crippen LogP contribution in [0.3, 0.4) is 0 Å². The van der Waals surface area contributed by atoms with Crippen LogP contribution in [0.15, 0.2) is 72.8 Å². The molecule has 0 N–H and O–H groups in total. The minimum Gasteiger partial charge on any atom is -0.207 e. The molecule has 23 heavy (non-hydrogen) atoms. The van der Waals surface area contributed by atoms with Gasteiger partial charge in [-0.3, -0.25) is 0 Å². The number of benzene rings is 3. The maximum atomic E-state index is 13.3. The molecule has 3 rings (SSSR count). The third-order valence-corrected chi connectivity index (χ3v) is 10.0. The maximum absolute atomic E-state index is 13.3. The van der Waals surface area contributed by atoms with Gasteiger partial charge in [-0.2, -0.15) is 0 Å². The Bertz CT molecular complexity index is 686. The molecule has 0 aliphatic rings. The molecule has 0 aliphatic carbocycles. The van der Waals surface area contributed by atoms with Crippen LogP contribution in [0.4, 0.5) is 13.2 Å². The second-order valence-electron chi connectivity index (χ2n) is 5.27. The van der Waals surface area contributed by atoms with Crippen molar-refractivity contribution in [1.82, 2.24) is 0 Å². The lowest BCUT2D eigenvalue weighted by molar-refractivity contribution is 0.628. The van der Waals surface area contributed by atoms with Gasteiger partial charge in [-0.15, -0.1) is 0 Å². The van der Waals surface area contributed by atoms with Gasteiger partial charge in [0.05, 0.1) is 0 Å². The summed E-state index contributed by atoms with van der Waals surface area (Å²) in [6, 6.07) is 18.6. The van der Waals surface area contributed by atoms with E-state index in [4.69, 9.17) is 0 Å². The van der Waals surface area contributed by atoms with Gasteiger partial charge < -0.3 is 0 Å². The van der Waals surface area contributed by atoms with Crippen molar-refractivity contribution in [3.63, 3.8) is 0 Å². The van der Waals surface area contributed by atoms with Gasteiger partial charge in [0.25, 0.3) is 0 Å². The Balaban J connectivity index is 2.21. The molecule has 0 heterocycles. The fraction of sp³-hybridized carbons (Fsp3) is 0. The quantitative estimate of drug-likeness (QED) is 0.506. The predicted octanol–water partition coefficient (Wildman–Crippen LogP) is 2.24. The normalized spacial score (nSPS) is 11.5. The molecule has 113 valence electrons. The second kappa shape index (κ2) is 6.18. The first-order valence-corrected chi connectivity index (χ1v) is 10.5. The van der Waals surface area contributed by atoms with Crippen LogP contribution >= 0.6 is 0 Å². The Morgan fingerprint density at radius 2 is 0.696 bits per heavy atom. The summed E-state index contributed by atoms with van der Waals surface area (Å²) in [6.45, 7) is 0. The zero-order chi connectivity index (χ0) is 16.4. The van der Waals surface area contributed by atoms with E-state index >= 15 is 0 Å². The average Bonchev–Trinajstić information content (AvgIpc) is 2.56. The molecule has 3 aromatic carbocycles. The van der Waals surface area contributed by atoms with Gasteiger partial charge in [0.15, 0.2) is 0 Å². The number of hydrogen-bond donors (Lipinski definition) is 0. The third-order valence-electron chi connectivity index (χ3n) is 3.83. The Hall–Kier alpha value is -2.12. The van der Waals surface area contributed by atoms with E-state index in [2.05, 4.69) is 9.76 Å². The molecule has 0 saturated carbocycles. The molecular weight excluding hydrogens is 329 g/mol. The number of halogens is 3. The van der Waals surface area contributed by atoms with Crippen molar-refractivity contribution < 1.29 is 13.2 Å². The zero-order valence-corrected chi connectivity index (χ0v) is 14.1. The first kappa shape index (κ1) is 15.8. The van der Waals surface area contributed by atoms with Crippen molar-refractivity contribution in [3.8, 4) is 0 Å². The summed E-state index contributed by atoms with van der Waals surface area (Å²) in [5, 5.41) is 2.69. The standard InChI is InChI=1S/C18H12F3Si2/c19-13-1-7-16(8-2-13)23(22,17-9-3-14(20)4-10-17)18-11-5-15(21)6-12-18/h1-12H. The van der Waals surface area contributed by atoms with Crippen molar-refractivity contribution in [2.75, 3.05) is 0 Å². The second-order valence-corrected chi connectivity index (χ2v) is 10.8. The van der Waals surface area contributed by atoms with Gasteiger partial charge >= 0.3 is 0 Å². The first-order chi connectivity index (χ1) is 11.0. The Morgan fingerprint density at radius 1 is 0.478 bits per heavy atom. The van der Waals surface area contributed by atoms with Crippen molar-refractivity contribution in [3.05, 3.63) is 90.2 Å². The summed E-state index contributed by atoms with van der Waals surface area (Å²) in [5.41, 5.74) is 0. The van der Waals surface area contributed by atoms with Gasteiger partial charge in [-0.05, 0) is 36.4 Å². The van der Waals surface area contributed by atoms with Gasteiger partial charge in [0, 0.05) is 9.76 Å². The highest BCUT2D eigenvalue weighted by Gasteiger charge is 2.34. The average molecular weight is 341 g/mol. The summed E-state index contributed by atoms with van der Waals surface area (Å²) in [7, 11) is 1.28. The highest BCUT2D eigenvalue weighted by Crippen LogP contribution is 2.07. The van der Waals surface area contributed by atoms with Crippen LogP contribution in [0.2, 0.25) is 0 Å². The largest absolute Gasteiger partial charge is 0.207 e. The monoisotopic (exact) mass is 341 g/mol. The summed E-state index contributed by atoms with van der Waals surface area (Å²) in [4.78, 5) is 0. The van der Waals surface area contributed by atoms with Crippen LogP contribution in [0, 0.1) is 17.5 Å². The third kappa shape index (κ3) is 3.02. The fourth-order valence-corrected chi connectivity index (χ4v) is 7.10. The molecule has 0 unspecified atom stereocenters. The Labute approximate surface area is 136 Å². The molecule has 0 amide bonds. The lowest BCUT2D eigenvalue weighted by atomic mass is 10.3. The van der Waals surface area contributed by atoms with Crippen LogP contribution in [0.1, 0.15) is 0 Å². The van der Waals surface area contributed by atoms with E-state index in [1.54, 1.807) is 36.4 Å². The molecule has 0 aromatic heterocycles. The van der Waals surface area contributed by atoms with Gasteiger partial charge in [-0.25, -0.2) is 13.2 Å². The molecule has 0 spiro atoms. The minimum atomic E-state index is -2.64. The number of rotatable bonds is 3. The topological polar surface area (TPSA) is 0 Å². The molecule has 0 nitrogen and oxygen atoms in total. The first-order valence-electron chi connectivity index (χ1n) is 7.03. The van der Waals surface area contributed by atoms with Crippen LogP contribution < -0.4 is 15.6 Å². The highest BCUT2D eigenvalue weighted by molar-refractivity contribution is 7.38. The molecule has 0 bridgehead atoms. The maximum Gasteiger partial charge on any atom is 0.130 e. The summed E-state index contributed by atoms with van der Waals surface area (Å²) in [6.07, 6.45) is 0. The van der Waals surface area contributed by atoms with E-state index in [1.165, 1.54) is 36.4 Å². The summed E-state index contributed by atoms with van der Waals surface area (Å²) >= 11 is 0. The van der Waals surface area contributed by atoms with E-state index in [-0.39, 0.29) is 17.5 Å². The SMILES string of the molecule is Fc1ccc([Si]([Si])(c2ccc(F)cc2)c2ccc(F)cc2)cc1. The van der Waals surface area contributed by atoms with Crippen LogP contribution in [0.5, 0.6) is 0 Å². The van der Waals surface area contributed by atoms with Crippen molar-refractivity contribution in [1.29, 1.82) is 0 Å². The van der Waals surface area contributed by atoms with Crippen LogP contribution in [-0.2, 0) is 0 Å². The van der Waals surface area contributed by atoms with Gasteiger partial charge in [-0.1, -0.05) is 52.0 Å². The van der Waals surface area contributed by atoms with Gasteiger partial charge in [0.1, 0.15) is 25.0 Å². The molecule has 3 aromatic rings. The molecule has 0 fully saturated rings. The van der Waals surface area contributed by atoms with E-state index in [0.717, 1.165) is 15.6 Å². The molecule has 0 saturated heterocycles. The zero-order valence-electron chi connectivity index (χ0n) is 12.1. The molecule has 5 heteroatoms. The van der Waals surface area contributed by atoms with Crippen molar-refractivity contribution in [2.45, 2.75) is 0 Å². The number of hydrogen-bond acceptors (Lipinski definition) is 0. The fourth-order valence-electron chi connectivity index (χ4n) is 2.60. The lowest BCUT2D eigenvalue weighted by Gasteiger charge is -2.29. The van der Waals surface area contributed by atoms with E-state index < -0.39 is 7.59 Å². The van der Waals surface area contributed by atoms with E-state index in [1.807, 2.05) is 0 Å². The van der Waals surface area contributed by atoms with Gasteiger partial charge in [0.2, 0.25) is 0 Å².